The summed E-state index contributed by atoms with van der Waals surface area (Å²) in [6.45, 7) is 1.94. The average Bonchev–Trinajstić information content (AvgIpc) is 2.41. The lowest BCUT2D eigenvalue weighted by Gasteiger charge is -2.21. The maximum Gasteiger partial charge on any atom is 0.304 e. The van der Waals surface area contributed by atoms with Crippen molar-refractivity contribution in [1.29, 1.82) is 0 Å². The average molecular weight is 297 g/mol. The topological polar surface area (TPSA) is 107 Å². The second-order valence-electron chi connectivity index (χ2n) is 4.47. The normalized spacial score (nSPS) is 10.2. The molecule has 0 saturated heterocycles. The van der Waals surface area contributed by atoms with Gasteiger partial charge in [0.25, 0.3) is 5.91 Å². The van der Waals surface area contributed by atoms with Crippen molar-refractivity contribution in [2.24, 2.45) is 5.73 Å². The lowest BCUT2D eigenvalue weighted by molar-refractivity contribution is -0.387. The van der Waals surface area contributed by atoms with Gasteiger partial charge in [-0.1, -0.05) is 13.3 Å². The number of amides is 2. The first kappa shape index (κ1) is 16.5. The Labute approximate surface area is 120 Å². The molecule has 0 atom stereocenters. The van der Waals surface area contributed by atoms with Crippen LogP contribution in [0.4, 0.5) is 10.1 Å². The van der Waals surface area contributed by atoms with E-state index < -0.39 is 28.2 Å². The highest BCUT2D eigenvalue weighted by Gasteiger charge is 2.21. The smallest absolute Gasteiger partial charge is 0.304 e. The summed E-state index contributed by atoms with van der Waals surface area (Å²) in [5.74, 6) is -2.36. The van der Waals surface area contributed by atoms with Crippen LogP contribution in [0.3, 0.4) is 0 Å². The number of carbonyl (C=O) groups excluding carboxylic acids is 2. The van der Waals surface area contributed by atoms with Gasteiger partial charge in [-0.2, -0.15) is 4.39 Å². The van der Waals surface area contributed by atoms with E-state index in [4.69, 9.17) is 5.73 Å². The first-order chi connectivity index (χ1) is 9.86. The number of nitro groups is 1. The van der Waals surface area contributed by atoms with E-state index in [-0.39, 0.29) is 12.1 Å². The molecule has 8 heteroatoms. The molecule has 1 rings (SSSR count). The molecule has 0 bridgehead atoms. The van der Waals surface area contributed by atoms with Crippen molar-refractivity contribution in [3.8, 4) is 0 Å². The fourth-order valence-corrected chi connectivity index (χ4v) is 1.76. The van der Waals surface area contributed by atoms with Crippen LogP contribution in [0.15, 0.2) is 18.2 Å². The highest BCUT2D eigenvalue weighted by molar-refractivity contribution is 5.96. The van der Waals surface area contributed by atoms with Crippen LogP contribution >= 0.6 is 0 Å². The predicted octanol–water partition coefficient (Wildman–Crippen LogP) is 1.46. The van der Waals surface area contributed by atoms with E-state index in [1.165, 1.54) is 4.90 Å². The Bertz CT molecular complexity index is 562. The molecular formula is C13H16FN3O4. The molecule has 0 saturated carbocycles. The van der Waals surface area contributed by atoms with Crippen LogP contribution in [0.5, 0.6) is 0 Å². The lowest BCUT2D eigenvalue weighted by Crippen LogP contribution is -2.39. The molecular weight excluding hydrogens is 281 g/mol. The zero-order valence-corrected chi connectivity index (χ0v) is 11.5. The molecule has 0 radical (unpaired) electrons. The minimum Gasteiger partial charge on any atom is -0.368 e. The second-order valence-corrected chi connectivity index (χ2v) is 4.47. The van der Waals surface area contributed by atoms with Crippen molar-refractivity contribution < 1.29 is 18.9 Å². The number of nitrogens with two attached hydrogens (primary N) is 1. The summed E-state index contributed by atoms with van der Waals surface area (Å²) < 4.78 is 13.5. The fraction of sp³-hybridized carbons (Fsp3) is 0.385. The fourth-order valence-electron chi connectivity index (χ4n) is 1.76. The van der Waals surface area contributed by atoms with Crippen LogP contribution in [0, 0.1) is 15.9 Å². The van der Waals surface area contributed by atoms with Crippen LogP contribution in [-0.2, 0) is 4.79 Å². The number of hydrogen-bond donors (Lipinski definition) is 1. The van der Waals surface area contributed by atoms with E-state index in [2.05, 4.69) is 0 Å². The maximum atomic E-state index is 13.5. The van der Waals surface area contributed by atoms with Gasteiger partial charge in [0.1, 0.15) is 0 Å². The molecule has 0 aliphatic rings. The molecule has 1 aromatic rings. The third-order valence-electron chi connectivity index (χ3n) is 2.81. The van der Waals surface area contributed by atoms with Crippen molar-refractivity contribution in [2.45, 2.75) is 19.8 Å². The Morgan fingerprint density at radius 2 is 2.10 bits per heavy atom. The molecule has 0 heterocycles. The number of unbranched alkanes of at least 4 members (excludes halogenated alkanes) is 1. The van der Waals surface area contributed by atoms with Gasteiger partial charge < -0.3 is 10.6 Å². The van der Waals surface area contributed by atoms with Gasteiger partial charge in [-0.15, -0.1) is 0 Å². The number of rotatable bonds is 7. The Kier molecular flexibility index (Phi) is 5.77. The van der Waals surface area contributed by atoms with E-state index in [9.17, 15) is 24.1 Å². The third kappa shape index (κ3) is 4.51. The van der Waals surface area contributed by atoms with Gasteiger partial charge in [-0.3, -0.25) is 19.7 Å². The van der Waals surface area contributed by atoms with Crippen molar-refractivity contribution >= 4 is 17.5 Å². The van der Waals surface area contributed by atoms with Gasteiger partial charge in [0.2, 0.25) is 11.7 Å². The summed E-state index contributed by atoms with van der Waals surface area (Å²) in [5, 5.41) is 10.5. The van der Waals surface area contributed by atoms with Crippen LogP contribution < -0.4 is 5.73 Å². The minimum absolute atomic E-state index is 0.0598. The van der Waals surface area contributed by atoms with E-state index >= 15 is 0 Å². The molecule has 0 unspecified atom stereocenters. The Hall–Kier alpha value is -2.51. The Morgan fingerprint density at radius 3 is 2.57 bits per heavy atom. The third-order valence-corrected chi connectivity index (χ3v) is 2.81. The van der Waals surface area contributed by atoms with E-state index in [0.717, 1.165) is 24.6 Å². The maximum absolute atomic E-state index is 13.5. The van der Waals surface area contributed by atoms with Gasteiger partial charge >= 0.3 is 5.69 Å². The number of carbonyl (C=O) groups is 2. The Morgan fingerprint density at radius 1 is 1.43 bits per heavy atom. The van der Waals surface area contributed by atoms with Crippen LogP contribution in [0.2, 0.25) is 0 Å². The SMILES string of the molecule is CCCCN(CC(N)=O)C(=O)c1ccc([N+](=O)[O-])c(F)c1. The molecule has 7 nitrogen and oxygen atoms in total. The number of primary amides is 1. The van der Waals surface area contributed by atoms with Crippen molar-refractivity contribution in [2.75, 3.05) is 13.1 Å². The van der Waals surface area contributed by atoms with Crippen molar-refractivity contribution in [3.63, 3.8) is 0 Å². The molecule has 2 N–H and O–H groups in total. The first-order valence-electron chi connectivity index (χ1n) is 6.38. The number of nitrogens with zero attached hydrogens (tertiary/aromatic N) is 2. The minimum atomic E-state index is -1.10. The van der Waals surface area contributed by atoms with Crippen LogP contribution in [0.25, 0.3) is 0 Å². The van der Waals surface area contributed by atoms with E-state index in [1.54, 1.807) is 0 Å². The van der Waals surface area contributed by atoms with Gasteiger partial charge in [-0.25, -0.2) is 0 Å². The number of hydrogen-bond acceptors (Lipinski definition) is 4. The van der Waals surface area contributed by atoms with Gasteiger partial charge in [0.05, 0.1) is 11.5 Å². The van der Waals surface area contributed by atoms with Gasteiger partial charge in [-0.05, 0) is 18.6 Å². The number of nitro benzene ring substituents is 1. The largest absolute Gasteiger partial charge is 0.368 e. The summed E-state index contributed by atoms with van der Waals surface area (Å²) in [6, 6.07) is 2.87. The van der Waals surface area contributed by atoms with Gasteiger partial charge in [0, 0.05) is 18.2 Å². The molecule has 0 fully saturated rings. The number of benzene rings is 1. The zero-order valence-electron chi connectivity index (χ0n) is 11.5. The zero-order chi connectivity index (χ0) is 16.0. The van der Waals surface area contributed by atoms with Crippen molar-refractivity contribution in [1.82, 2.24) is 4.90 Å². The summed E-state index contributed by atoms with van der Waals surface area (Å²) in [7, 11) is 0. The summed E-state index contributed by atoms with van der Waals surface area (Å²) in [6.07, 6.45) is 1.46. The number of halogens is 1. The van der Waals surface area contributed by atoms with Crippen LogP contribution in [0.1, 0.15) is 30.1 Å². The second kappa shape index (κ2) is 7.32. The molecule has 0 spiro atoms. The molecule has 21 heavy (non-hydrogen) atoms. The van der Waals surface area contributed by atoms with Gasteiger partial charge in [0.15, 0.2) is 0 Å². The highest BCUT2D eigenvalue weighted by atomic mass is 19.1. The first-order valence-corrected chi connectivity index (χ1v) is 6.38. The molecule has 0 aliphatic carbocycles. The monoisotopic (exact) mass is 297 g/mol. The quantitative estimate of drug-likeness (QED) is 0.607. The molecule has 0 aliphatic heterocycles. The molecule has 1 aromatic carbocycles. The van der Waals surface area contributed by atoms with E-state index in [0.29, 0.717) is 13.0 Å². The Balaban J connectivity index is 2.99. The molecule has 114 valence electrons. The summed E-state index contributed by atoms with van der Waals surface area (Å²) in [4.78, 5) is 34.0. The summed E-state index contributed by atoms with van der Waals surface area (Å²) >= 11 is 0. The standard InChI is InChI=1S/C13H16FN3O4/c1-2-3-6-16(8-12(15)18)13(19)9-4-5-11(17(20)21)10(14)7-9/h4-5,7H,2-3,6,8H2,1H3,(H2,15,18). The highest BCUT2D eigenvalue weighted by Crippen LogP contribution is 2.19. The van der Waals surface area contributed by atoms with Crippen LogP contribution in [-0.4, -0.2) is 34.7 Å². The molecule has 0 aromatic heterocycles. The summed E-state index contributed by atoms with van der Waals surface area (Å²) in [5.41, 5.74) is 4.31. The molecule has 2 amide bonds. The predicted molar refractivity (Wildman–Crippen MR) is 73.1 cm³/mol. The lowest BCUT2D eigenvalue weighted by atomic mass is 10.1. The van der Waals surface area contributed by atoms with Crippen molar-refractivity contribution in [3.05, 3.63) is 39.7 Å². The van der Waals surface area contributed by atoms with E-state index in [1.807, 2.05) is 6.92 Å².